The van der Waals surface area contributed by atoms with Crippen molar-refractivity contribution >= 4 is 56.9 Å². The van der Waals surface area contributed by atoms with Crippen LogP contribution in [0.4, 0.5) is 0 Å². The van der Waals surface area contributed by atoms with Gasteiger partial charge in [-0.05, 0) is 88.9 Å². The average Bonchev–Trinajstić information content (AvgIpc) is 3.35. The molecule has 0 bridgehead atoms. The minimum Gasteiger partial charge on any atom is -0.490 e. The third kappa shape index (κ3) is 6.88. The second kappa shape index (κ2) is 14.4. The topological polar surface area (TPSA) is 126 Å². The van der Waals surface area contributed by atoms with E-state index in [1.54, 1.807) is 48.5 Å². The Morgan fingerprint density at radius 2 is 1.76 bits per heavy atom. The standard InChI is InChI=1S/C33H28BrClN2O8S/c1-4-43-25-11-10-21(15-26(25)44-5-2)28-22(32(41)42-3)16-36-33-37(28)30(38)27(46-33)14-19-12-23(34)29(24(35)13-19)45-17-18-6-8-20(9-7-18)31(39)40/h6-16,28H,4-5,17H2,1-3H3,(H,39,40)/b27-14-/t28-/m0/s1. The number of carboxylic acid groups (broad SMARTS) is 1. The number of hydrogen-bond acceptors (Lipinski definition) is 9. The maximum absolute atomic E-state index is 13.9. The second-order valence-electron chi connectivity index (χ2n) is 9.85. The summed E-state index contributed by atoms with van der Waals surface area (Å²) < 4.78 is 24.9. The number of carbonyl (C=O) groups is 2. The number of nitrogens with zero attached hydrogens (tertiary/aromatic N) is 2. The predicted octanol–water partition coefficient (Wildman–Crippen LogP) is 5.51. The fraction of sp³-hybridized carbons (Fsp3) is 0.212. The van der Waals surface area contributed by atoms with E-state index in [0.29, 0.717) is 60.4 Å². The first-order valence-electron chi connectivity index (χ1n) is 14.1. The number of hydrogen-bond donors (Lipinski definition) is 1. The van der Waals surface area contributed by atoms with Crippen LogP contribution in [0.3, 0.4) is 0 Å². The van der Waals surface area contributed by atoms with Crippen LogP contribution in [0.2, 0.25) is 5.02 Å². The molecule has 4 aromatic rings. The highest BCUT2D eigenvalue weighted by Gasteiger charge is 2.31. The van der Waals surface area contributed by atoms with Crippen molar-refractivity contribution in [1.82, 2.24) is 4.57 Å². The molecule has 1 N–H and O–H groups in total. The van der Waals surface area contributed by atoms with Gasteiger partial charge in [-0.2, -0.15) is 0 Å². The lowest BCUT2D eigenvalue weighted by molar-refractivity contribution is -0.136. The van der Waals surface area contributed by atoms with Gasteiger partial charge >= 0.3 is 11.9 Å². The highest BCUT2D eigenvalue weighted by atomic mass is 79.9. The van der Waals surface area contributed by atoms with Crippen LogP contribution in [0.15, 0.2) is 80.6 Å². The number of rotatable bonds is 11. The number of aromatic carboxylic acids is 1. The minimum absolute atomic E-state index is 0.162. The van der Waals surface area contributed by atoms with Gasteiger partial charge in [0.25, 0.3) is 5.56 Å². The first kappa shape index (κ1) is 33.0. The number of methoxy groups -OCH3 is 1. The van der Waals surface area contributed by atoms with Gasteiger partial charge < -0.3 is 24.1 Å². The molecule has 238 valence electrons. The van der Waals surface area contributed by atoms with Gasteiger partial charge in [0, 0.05) is 6.20 Å². The molecule has 10 nitrogen and oxygen atoms in total. The number of carboxylic acids is 1. The average molecular weight is 728 g/mol. The van der Waals surface area contributed by atoms with Gasteiger partial charge in [0.05, 0.1) is 51.5 Å². The quantitative estimate of drug-likeness (QED) is 0.201. The first-order chi connectivity index (χ1) is 22.1. The summed E-state index contributed by atoms with van der Waals surface area (Å²) in [6, 6.07) is 14.3. The maximum atomic E-state index is 13.9. The fourth-order valence-electron chi connectivity index (χ4n) is 4.84. The Bertz CT molecular complexity index is 2000. The number of halogens is 2. The van der Waals surface area contributed by atoms with Crippen molar-refractivity contribution in [1.29, 1.82) is 0 Å². The van der Waals surface area contributed by atoms with Gasteiger partial charge in [-0.1, -0.05) is 41.1 Å². The van der Waals surface area contributed by atoms with Crippen molar-refractivity contribution in [3.8, 4) is 17.2 Å². The fourth-order valence-corrected chi connectivity index (χ4v) is 6.80. The molecule has 2 heterocycles. The summed E-state index contributed by atoms with van der Waals surface area (Å²) in [6.45, 7) is 4.73. The number of aromatic nitrogens is 1. The summed E-state index contributed by atoms with van der Waals surface area (Å²) in [7, 11) is 1.28. The Hall–Kier alpha value is -4.39. The zero-order chi connectivity index (χ0) is 33.0. The highest BCUT2D eigenvalue weighted by molar-refractivity contribution is 9.10. The molecule has 0 fully saturated rings. The third-order valence-corrected chi connectivity index (χ3v) is 8.78. The maximum Gasteiger partial charge on any atom is 0.337 e. The number of carbonyl (C=O) groups excluding carboxylic acids is 1. The molecule has 0 saturated carbocycles. The molecule has 1 aliphatic heterocycles. The smallest absolute Gasteiger partial charge is 0.337 e. The Morgan fingerprint density at radius 1 is 1.04 bits per heavy atom. The Morgan fingerprint density at radius 3 is 2.41 bits per heavy atom. The summed E-state index contributed by atoms with van der Waals surface area (Å²) in [5.74, 6) is -0.183. The second-order valence-corrected chi connectivity index (χ2v) is 12.1. The van der Waals surface area contributed by atoms with Crippen LogP contribution in [-0.2, 0) is 16.1 Å². The molecule has 1 aliphatic rings. The van der Waals surface area contributed by atoms with Gasteiger partial charge in [-0.3, -0.25) is 9.36 Å². The van der Waals surface area contributed by atoms with Gasteiger partial charge in [-0.15, -0.1) is 0 Å². The van der Waals surface area contributed by atoms with Crippen molar-refractivity contribution in [2.45, 2.75) is 26.5 Å². The van der Waals surface area contributed by atoms with Gasteiger partial charge in [0.2, 0.25) is 0 Å². The molecular weight excluding hydrogens is 700 g/mol. The monoisotopic (exact) mass is 726 g/mol. The molecule has 0 spiro atoms. The molecule has 0 amide bonds. The molecule has 0 radical (unpaired) electrons. The predicted molar refractivity (Wildman–Crippen MR) is 177 cm³/mol. The normalized spacial score (nSPS) is 14.2. The van der Waals surface area contributed by atoms with Crippen LogP contribution in [-0.4, -0.2) is 41.9 Å². The number of fused-ring (bicyclic) bond motifs is 1. The summed E-state index contributed by atoms with van der Waals surface area (Å²) >= 11 is 11.3. The van der Waals surface area contributed by atoms with Gasteiger partial charge in [-0.25, -0.2) is 14.6 Å². The van der Waals surface area contributed by atoms with E-state index in [9.17, 15) is 14.4 Å². The summed E-state index contributed by atoms with van der Waals surface area (Å²) in [4.78, 5) is 42.7. The van der Waals surface area contributed by atoms with E-state index in [1.807, 2.05) is 13.8 Å². The van der Waals surface area contributed by atoms with E-state index in [-0.39, 0.29) is 23.3 Å². The van der Waals surface area contributed by atoms with Crippen LogP contribution in [0.25, 0.3) is 6.08 Å². The molecule has 1 atom stereocenters. The van der Waals surface area contributed by atoms with Crippen molar-refractivity contribution in [3.63, 3.8) is 0 Å². The highest BCUT2D eigenvalue weighted by Crippen LogP contribution is 2.36. The summed E-state index contributed by atoms with van der Waals surface area (Å²) in [6.07, 6.45) is 3.12. The SMILES string of the molecule is CCOc1ccc([C@H]2C(C(=O)OC)=CN=c3s/c(=C\c4cc(Cl)c(OCc5ccc(C(=O)O)cc5)c(Br)c4)c(=O)n32)cc1OCC. The number of esters is 1. The van der Waals surface area contributed by atoms with Crippen LogP contribution in [0.5, 0.6) is 17.2 Å². The van der Waals surface area contributed by atoms with Crippen LogP contribution < -0.4 is 29.1 Å². The lowest BCUT2D eigenvalue weighted by atomic mass is 9.97. The molecule has 0 unspecified atom stereocenters. The van der Waals surface area contributed by atoms with Crippen molar-refractivity contribution in [2.24, 2.45) is 4.99 Å². The Balaban J connectivity index is 1.51. The lowest BCUT2D eigenvalue weighted by Gasteiger charge is -2.23. The van der Waals surface area contributed by atoms with Crippen LogP contribution in [0.1, 0.15) is 46.9 Å². The van der Waals surface area contributed by atoms with Crippen LogP contribution >= 0.6 is 38.9 Å². The molecule has 13 heteroatoms. The molecule has 5 rings (SSSR count). The van der Waals surface area contributed by atoms with E-state index in [2.05, 4.69) is 20.9 Å². The van der Waals surface area contributed by atoms with Crippen molar-refractivity contribution < 1.29 is 33.6 Å². The summed E-state index contributed by atoms with van der Waals surface area (Å²) in [5.41, 5.74) is 2.03. The van der Waals surface area contributed by atoms with E-state index < -0.39 is 18.0 Å². The van der Waals surface area contributed by atoms with E-state index in [0.717, 1.165) is 5.56 Å². The van der Waals surface area contributed by atoms with E-state index >= 15 is 0 Å². The molecule has 1 aromatic heterocycles. The number of ether oxygens (including phenoxy) is 4. The molecule has 0 aliphatic carbocycles. The van der Waals surface area contributed by atoms with Gasteiger partial charge in [0.1, 0.15) is 6.61 Å². The third-order valence-electron chi connectivity index (χ3n) is 6.91. The largest absolute Gasteiger partial charge is 0.490 e. The Kier molecular flexibility index (Phi) is 10.3. The zero-order valence-electron chi connectivity index (χ0n) is 24.9. The Labute approximate surface area is 280 Å². The molecule has 0 saturated heterocycles. The molecule has 46 heavy (non-hydrogen) atoms. The number of benzene rings is 3. The van der Waals surface area contributed by atoms with Gasteiger partial charge in [0.15, 0.2) is 22.0 Å². The zero-order valence-corrected chi connectivity index (χ0v) is 28.1. The lowest BCUT2D eigenvalue weighted by Crippen LogP contribution is -2.39. The molecular formula is C33H28BrClN2O8S. The van der Waals surface area contributed by atoms with Crippen molar-refractivity contribution in [3.05, 3.63) is 118 Å². The number of thiazole rings is 1. The minimum atomic E-state index is -1.01. The van der Waals surface area contributed by atoms with E-state index in [4.69, 9.17) is 35.7 Å². The van der Waals surface area contributed by atoms with E-state index in [1.165, 1.54) is 41.3 Å². The van der Waals surface area contributed by atoms with Crippen molar-refractivity contribution in [2.75, 3.05) is 20.3 Å². The molecule has 3 aromatic carbocycles. The summed E-state index contributed by atoms with van der Waals surface area (Å²) in [5, 5.41) is 9.41. The van der Waals surface area contributed by atoms with Crippen LogP contribution in [0, 0.1) is 0 Å². The first-order valence-corrected chi connectivity index (χ1v) is 16.1.